The lowest BCUT2D eigenvalue weighted by Gasteiger charge is -2.33. The zero-order valence-corrected chi connectivity index (χ0v) is 14.0. The highest BCUT2D eigenvalue weighted by molar-refractivity contribution is 9.10. The molecule has 20 heavy (non-hydrogen) atoms. The standard InChI is InChI=1S/C14H21BrN2O2S/c1-11(16)14(12-4-2-5-13(15)10-12)17-6-3-8-20(18,19)9-7-17/h2,4-5,10-11,14H,3,6-9,16H2,1H3. The van der Waals surface area contributed by atoms with Crippen molar-refractivity contribution >= 4 is 25.8 Å². The third-order valence-corrected chi connectivity index (χ3v) is 5.88. The molecule has 0 aliphatic carbocycles. The molecule has 1 aromatic rings. The minimum absolute atomic E-state index is 0.0508. The number of rotatable bonds is 3. The Balaban J connectivity index is 2.25. The molecule has 112 valence electrons. The average molecular weight is 361 g/mol. The van der Waals surface area contributed by atoms with Gasteiger partial charge >= 0.3 is 0 Å². The van der Waals surface area contributed by atoms with Crippen LogP contribution in [0.15, 0.2) is 28.7 Å². The Hall–Kier alpha value is -0.430. The van der Waals surface area contributed by atoms with Gasteiger partial charge < -0.3 is 5.73 Å². The minimum Gasteiger partial charge on any atom is -0.326 e. The first-order valence-electron chi connectivity index (χ1n) is 6.84. The van der Waals surface area contributed by atoms with E-state index in [9.17, 15) is 8.42 Å². The molecule has 0 saturated carbocycles. The van der Waals surface area contributed by atoms with Crippen molar-refractivity contribution in [3.63, 3.8) is 0 Å². The van der Waals surface area contributed by atoms with Crippen LogP contribution < -0.4 is 5.73 Å². The molecule has 2 rings (SSSR count). The van der Waals surface area contributed by atoms with Gasteiger partial charge in [0.05, 0.1) is 11.5 Å². The molecule has 0 amide bonds. The SMILES string of the molecule is CC(N)C(c1cccc(Br)c1)N1CCCS(=O)(=O)CC1. The van der Waals surface area contributed by atoms with E-state index in [4.69, 9.17) is 5.73 Å². The molecule has 0 radical (unpaired) electrons. The Morgan fingerprint density at radius 3 is 2.70 bits per heavy atom. The summed E-state index contributed by atoms with van der Waals surface area (Å²) in [7, 11) is -2.89. The van der Waals surface area contributed by atoms with Gasteiger partial charge in [0.2, 0.25) is 0 Å². The van der Waals surface area contributed by atoms with Crippen LogP contribution in [0.25, 0.3) is 0 Å². The highest BCUT2D eigenvalue weighted by Crippen LogP contribution is 2.27. The summed E-state index contributed by atoms with van der Waals surface area (Å²) in [6, 6.07) is 8.09. The third-order valence-electron chi connectivity index (χ3n) is 3.67. The van der Waals surface area contributed by atoms with Crippen molar-refractivity contribution in [2.24, 2.45) is 5.73 Å². The maximum absolute atomic E-state index is 11.7. The van der Waals surface area contributed by atoms with E-state index in [0.29, 0.717) is 13.0 Å². The topological polar surface area (TPSA) is 63.4 Å². The Labute approximate surface area is 129 Å². The Bertz CT molecular complexity index is 560. The second kappa shape index (κ2) is 6.56. The summed E-state index contributed by atoms with van der Waals surface area (Å²) in [5, 5.41) is 0. The first kappa shape index (κ1) is 15.9. The molecule has 4 nitrogen and oxygen atoms in total. The maximum atomic E-state index is 11.7. The molecular weight excluding hydrogens is 340 g/mol. The summed E-state index contributed by atoms with van der Waals surface area (Å²) >= 11 is 3.48. The van der Waals surface area contributed by atoms with Crippen LogP contribution in [0.4, 0.5) is 0 Å². The molecule has 0 aromatic heterocycles. The van der Waals surface area contributed by atoms with E-state index in [1.807, 2.05) is 19.1 Å². The summed E-state index contributed by atoms with van der Waals surface area (Å²) in [5.74, 6) is 0.512. The zero-order chi connectivity index (χ0) is 14.8. The summed E-state index contributed by atoms with van der Waals surface area (Å²) in [5.41, 5.74) is 7.29. The van der Waals surface area contributed by atoms with Crippen molar-refractivity contribution in [1.82, 2.24) is 4.90 Å². The van der Waals surface area contributed by atoms with E-state index in [-0.39, 0.29) is 23.6 Å². The number of halogens is 1. The van der Waals surface area contributed by atoms with Gasteiger partial charge in [-0.1, -0.05) is 28.1 Å². The molecule has 1 saturated heterocycles. The number of nitrogens with zero attached hydrogens (tertiary/aromatic N) is 1. The van der Waals surface area contributed by atoms with Gasteiger partial charge in [0, 0.05) is 23.1 Å². The van der Waals surface area contributed by atoms with E-state index < -0.39 is 9.84 Å². The molecule has 1 aromatic carbocycles. The first-order chi connectivity index (χ1) is 9.39. The fraction of sp³-hybridized carbons (Fsp3) is 0.571. The number of benzene rings is 1. The predicted molar refractivity (Wildman–Crippen MR) is 85.4 cm³/mol. The summed E-state index contributed by atoms with van der Waals surface area (Å²) < 4.78 is 24.5. The lowest BCUT2D eigenvalue weighted by Crippen LogP contribution is -2.41. The fourth-order valence-corrected chi connectivity index (χ4v) is 4.48. The quantitative estimate of drug-likeness (QED) is 0.894. The van der Waals surface area contributed by atoms with Gasteiger partial charge in [-0.2, -0.15) is 0 Å². The van der Waals surface area contributed by atoms with E-state index in [0.717, 1.165) is 16.6 Å². The Morgan fingerprint density at radius 1 is 1.30 bits per heavy atom. The summed E-state index contributed by atoms with van der Waals surface area (Å²) in [4.78, 5) is 2.21. The van der Waals surface area contributed by atoms with E-state index in [2.05, 4.69) is 33.0 Å². The lowest BCUT2D eigenvalue weighted by molar-refractivity contribution is 0.190. The average Bonchev–Trinajstić information content (AvgIpc) is 2.51. The van der Waals surface area contributed by atoms with Crippen LogP contribution >= 0.6 is 15.9 Å². The van der Waals surface area contributed by atoms with Crippen LogP contribution in [0, 0.1) is 0 Å². The zero-order valence-electron chi connectivity index (χ0n) is 11.6. The van der Waals surface area contributed by atoms with Crippen LogP contribution in [0.5, 0.6) is 0 Å². The first-order valence-corrected chi connectivity index (χ1v) is 9.46. The summed E-state index contributed by atoms with van der Waals surface area (Å²) in [6.07, 6.45) is 0.680. The van der Waals surface area contributed by atoms with Crippen LogP contribution in [0.3, 0.4) is 0 Å². The van der Waals surface area contributed by atoms with Crippen molar-refractivity contribution < 1.29 is 8.42 Å². The van der Waals surface area contributed by atoms with Gasteiger partial charge in [0.15, 0.2) is 9.84 Å². The van der Waals surface area contributed by atoms with E-state index in [1.165, 1.54) is 0 Å². The Kier molecular flexibility index (Phi) is 5.23. The molecular formula is C14H21BrN2O2S. The third kappa shape index (κ3) is 4.04. The number of sulfone groups is 1. The maximum Gasteiger partial charge on any atom is 0.151 e. The second-order valence-corrected chi connectivity index (χ2v) is 8.62. The van der Waals surface area contributed by atoms with Crippen molar-refractivity contribution in [2.75, 3.05) is 24.6 Å². The molecule has 0 spiro atoms. The smallest absolute Gasteiger partial charge is 0.151 e. The van der Waals surface area contributed by atoms with Gasteiger partial charge in [0.1, 0.15) is 0 Å². The number of hydrogen-bond acceptors (Lipinski definition) is 4. The van der Waals surface area contributed by atoms with Crippen molar-refractivity contribution in [2.45, 2.75) is 25.4 Å². The second-order valence-electron chi connectivity index (χ2n) is 5.40. The van der Waals surface area contributed by atoms with E-state index in [1.54, 1.807) is 0 Å². The molecule has 1 fully saturated rings. The van der Waals surface area contributed by atoms with Crippen molar-refractivity contribution in [3.8, 4) is 0 Å². The molecule has 1 heterocycles. The molecule has 2 N–H and O–H groups in total. The molecule has 2 unspecified atom stereocenters. The van der Waals surface area contributed by atoms with Crippen molar-refractivity contribution in [1.29, 1.82) is 0 Å². The van der Waals surface area contributed by atoms with Crippen LogP contribution in [0.2, 0.25) is 0 Å². The van der Waals surface area contributed by atoms with Gasteiger partial charge in [-0.15, -0.1) is 0 Å². The lowest BCUT2D eigenvalue weighted by atomic mass is 9.99. The fourth-order valence-electron chi connectivity index (χ4n) is 2.77. The summed E-state index contributed by atoms with van der Waals surface area (Å²) in [6.45, 7) is 3.31. The molecule has 1 aliphatic rings. The molecule has 2 atom stereocenters. The van der Waals surface area contributed by atoms with Crippen LogP contribution in [-0.4, -0.2) is 44.0 Å². The van der Waals surface area contributed by atoms with Gasteiger partial charge in [-0.3, -0.25) is 4.90 Å². The highest BCUT2D eigenvalue weighted by atomic mass is 79.9. The largest absolute Gasteiger partial charge is 0.326 e. The minimum atomic E-state index is -2.89. The Morgan fingerprint density at radius 2 is 2.05 bits per heavy atom. The van der Waals surface area contributed by atoms with Gasteiger partial charge in [-0.05, 0) is 37.6 Å². The van der Waals surface area contributed by atoms with Crippen LogP contribution in [-0.2, 0) is 9.84 Å². The number of nitrogens with two attached hydrogens (primary N) is 1. The van der Waals surface area contributed by atoms with Crippen LogP contribution in [0.1, 0.15) is 24.9 Å². The van der Waals surface area contributed by atoms with Gasteiger partial charge in [0.25, 0.3) is 0 Å². The van der Waals surface area contributed by atoms with Crippen molar-refractivity contribution in [3.05, 3.63) is 34.3 Å². The van der Waals surface area contributed by atoms with E-state index >= 15 is 0 Å². The molecule has 6 heteroatoms. The monoisotopic (exact) mass is 360 g/mol. The molecule has 0 bridgehead atoms. The van der Waals surface area contributed by atoms with Gasteiger partial charge in [-0.25, -0.2) is 8.42 Å². The normalized spacial score (nSPS) is 22.9. The molecule has 1 aliphatic heterocycles. The predicted octanol–water partition coefficient (Wildman–Crippen LogP) is 1.96. The number of hydrogen-bond donors (Lipinski definition) is 1. The highest BCUT2D eigenvalue weighted by Gasteiger charge is 2.28.